The second-order valence-electron chi connectivity index (χ2n) is 5.68. The molecule has 1 aromatic heterocycles. The topological polar surface area (TPSA) is 47.1 Å². The second-order valence-corrected chi connectivity index (χ2v) is 5.68. The Labute approximate surface area is 121 Å². The van der Waals surface area contributed by atoms with Gasteiger partial charge in [0.25, 0.3) is 0 Å². The van der Waals surface area contributed by atoms with Crippen LogP contribution in [0.2, 0.25) is 0 Å². The molecule has 0 aliphatic heterocycles. The van der Waals surface area contributed by atoms with Crippen molar-refractivity contribution in [1.29, 1.82) is 0 Å². The van der Waals surface area contributed by atoms with Crippen LogP contribution in [0.25, 0.3) is 0 Å². The summed E-state index contributed by atoms with van der Waals surface area (Å²) in [5.41, 5.74) is 9.68. The predicted molar refractivity (Wildman–Crippen MR) is 84.0 cm³/mol. The van der Waals surface area contributed by atoms with E-state index in [-0.39, 0.29) is 6.04 Å². The number of nitrogens with two attached hydrogens (primary N) is 1. The van der Waals surface area contributed by atoms with Gasteiger partial charge >= 0.3 is 0 Å². The Bertz CT molecular complexity index is 557. The Morgan fingerprint density at radius 2 is 2.00 bits per heavy atom. The van der Waals surface area contributed by atoms with E-state index in [1.807, 2.05) is 25.0 Å². The summed E-state index contributed by atoms with van der Waals surface area (Å²) in [5, 5.41) is 4.56. The van der Waals surface area contributed by atoms with E-state index in [1.54, 1.807) is 0 Å². The first kappa shape index (κ1) is 14.6. The number of hydrogen-bond acceptors (Lipinski definition) is 3. The number of nitrogens with zero attached hydrogens (tertiary/aromatic N) is 3. The second kappa shape index (κ2) is 6.09. The first-order valence-electron chi connectivity index (χ1n) is 7.04. The van der Waals surface area contributed by atoms with Crippen LogP contribution in [-0.4, -0.2) is 23.9 Å². The fraction of sp³-hybridized carbons (Fsp3) is 0.438. The van der Waals surface area contributed by atoms with Crippen molar-refractivity contribution in [2.75, 3.05) is 19.0 Å². The van der Waals surface area contributed by atoms with Crippen molar-refractivity contribution in [2.45, 2.75) is 32.4 Å². The lowest BCUT2D eigenvalue weighted by molar-refractivity contribution is 0.522. The van der Waals surface area contributed by atoms with Gasteiger partial charge in [0.05, 0.1) is 5.69 Å². The summed E-state index contributed by atoms with van der Waals surface area (Å²) in [7, 11) is 4.07. The molecule has 0 amide bonds. The fourth-order valence-electron chi connectivity index (χ4n) is 2.15. The minimum absolute atomic E-state index is 0.0228. The van der Waals surface area contributed by atoms with E-state index < -0.39 is 0 Å². The summed E-state index contributed by atoms with van der Waals surface area (Å²) >= 11 is 0. The zero-order valence-electron chi connectivity index (χ0n) is 12.7. The van der Waals surface area contributed by atoms with Crippen molar-refractivity contribution >= 4 is 5.69 Å². The van der Waals surface area contributed by atoms with Crippen molar-refractivity contribution in [2.24, 2.45) is 5.73 Å². The summed E-state index contributed by atoms with van der Waals surface area (Å²) in [6.07, 6.45) is 2.78. The molecular weight excluding hydrogens is 248 g/mol. The van der Waals surface area contributed by atoms with Crippen molar-refractivity contribution < 1.29 is 0 Å². The smallest absolute Gasteiger partial charge is 0.0643 e. The summed E-state index contributed by atoms with van der Waals surface area (Å²) in [4.78, 5) is 2.09. The van der Waals surface area contributed by atoms with E-state index in [0.717, 1.165) is 17.7 Å². The van der Waals surface area contributed by atoms with Crippen molar-refractivity contribution in [3.8, 4) is 0 Å². The maximum Gasteiger partial charge on any atom is 0.0643 e. The highest BCUT2D eigenvalue weighted by Gasteiger charge is 2.11. The van der Waals surface area contributed by atoms with Gasteiger partial charge in [0.15, 0.2) is 0 Å². The molecule has 1 aromatic carbocycles. The van der Waals surface area contributed by atoms with Gasteiger partial charge in [-0.25, -0.2) is 0 Å². The molecule has 0 spiro atoms. The molecule has 0 aliphatic rings. The SMILES string of the molecule is CC(C)n1ccc(CC(N)c2cccc(N(C)C)c2)n1. The quantitative estimate of drug-likeness (QED) is 0.910. The maximum atomic E-state index is 6.31. The minimum atomic E-state index is -0.0228. The molecule has 4 heteroatoms. The zero-order chi connectivity index (χ0) is 14.7. The molecule has 0 bridgehead atoms. The van der Waals surface area contributed by atoms with Crippen LogP contribution >= 0.6 is 0 Å². The van der Waals surface area contributed by atoms with Crippen LogP contribution in [0.15, 0.2) is 36.5 Å². The normalized spacial score (nSPS) is 12.7. The molecule has 0 fully saturated rings. The lowest BCUT2D eigenvalue weighted by atomic mass is 10.0. The monoisotopic (exact) mass is 272 g/mol. The van der Waals surface area contributed by atoms with E-state index >= 15 is 0 Å². The first-order valence-corrected chi connectivity index (χ1v) is 7.04. The third-order valence-corrected chi connectivity index (χ3v) is 3.44. The van der Waals surface area contributed by atoms with Crippen LogP contribution in [0.1, 0.15) is 37.2 Å². The molecule has 2 aromatic rings. The van der Waals surface area contributed by atoms with E-state index in [1.165, 1.54) is 5.69 Å². The number of benzene rings is 1. The Kier molecular flexibility index (Phi) is 4.45. The van der Waals surface area contributed by atoms with Crippen molar-refractivity contribution in [3.63, 3.8) is 0 Å². The van der Waals surface area contributed by atoms with Crippen LogP contribution < -0.4 is 10.6 Å². The molecule has 1 atom stereocenters. The Hall–Kier alpha value is -1.81. The summed E-state index contributed by atoms with van der Waals surface area (Å²) in [5.74, 6) is 0. The van der Waals surface area contributed by atoms with E-state index in [9.17, 15) is 0 Å². The van der Waals surface area contributed by atoms with Gasteiger partial charge in [0.2, 0.25) is 0 Å². The predicted octanol–water partition coefficient (Wildman–Crippen LogP) is 2.77. The Morgan fingerprint density at radius 3 is 2.60 bits per heavy atom. The average Bonchev–Trinajstić information content (AvgIpc) is 2.87. The number of aromatic nitrogens is 2. The number of anilines is 1. The largest absolute Gasteiger partial charge is 0.378 e. The molecule has 4 nitrogen and oxygen atoms in total. The van der Waals surface area contributed by atoms with E-state index in [4.69, 9.17) is 5.73 Å². The minimum Gasteiger partial charge on any atom is -0.378 e. The fourth-order valence-corrected chi connectivity index (χ4v) is 2.15. The molecule has 108 valence electrons. The third kappa shape index (κ3) is 3.39. The van der Waals surface area contributed by atoms with Gasteiger partial charge in [-0.2, -0.15) is 5.10 Å². The maximum absolute atomic E-state index is 6.31. The lowest BCUT2D eigenvalue weighted by Crippen LogP contribution is -2.15. The first-order chi connectivity index (χ1) is 9.47. The molecule has 20 heavy (non-hydrogen) atoms. The highest BCUT2D eigenvalue weighted by atomic mass is 15.3. The van der Waals surface area contributed by atoms with Crippen LogP contribution in [0.4, 0.5) is 5.69 Å². The molecule has 2 rings (SSSR count). The average molecular weight is 272 g/mol. The van der Waals surface area contributed by atoms with Gasteiger partial charge < -0.3 is 10.6 Å². The van der Waals surface area contributed by atoms with Crippen molar-refractivity contribution in [1.82, 2.24) is 9.78 Å². The molecule has 1 heterocycles. The van der Waals surface area contributed by atoms with Crippen molar-refractivity contribution in [3.05, 3.63) is 47.8 Å². The standard InChI is InChI=1S/C16H24N4/c1-12(2)20-9-8-14(18-20)11-16(17)13-6-5-7-15(10-13)19(3)4/h5-10,12,16H,11,17H2,1-4H3. The Balaban J connectivity index is 2.10. The summed E-state index contributed by atoms with van der Waals surface area (Å²) in [6, 6.07) is 10.8. The third-order valence-electron chi connectivity index (χ3n) is 3.44. The van der Waals surface area contributed by atoms with Gasteiger partial charge in [-0.3, -0.25) is 4.68 Å². The molecule has 0 saturated carbocycles. The molecule has 0 radical (unpaired) electrons. The molecule has 2 N–H and O–H groups in total. The van der Waals surface area contributed by atoms with Crippen LogP contribution in [0.5, 0.6) is 0 Å². The van der Waals surface area contributed by atoms with Gasteiger partial charge in [0.1, 0.15) is 0 Å². The zero-order valence-corrected chi connectivity index (χ0v) is 12.7. The van der Waals surface area contributed by atoms with Crippen LogP contribution in [-0.2, 0) is 6.42 Å². The Morgan fingerprint density at radius 1 is 1.25 bits per heavy atom. The van der Waals surface area contributed by atoms with Gasteiger partial charge in [0, 0.05) is 44.5 Å². The summed E-state index contributed by atoms with van der Waals surface area (Å²) < 4.78 is 1.97. The van der Waals surface area contributed by atoms with E-state index in [0.29, 0.717) is 6.04 Å². The molecular formula is C16H24N4. The lowest BCUT2D eigenvalue weighted by Gasteiger charge is -2.16. The van der Waals surface area contributed by atoms with Gasteiger partial charge in [-0.15, -0.1) is 0 Å². The molecule has 0 aliphatic carbocycles. The molecule has 1 unspecified atom stereocenters. The van der Waals surface area contributed by atoms with Gasteiger partial charge in [-0.1, -0.05) is 12.1 Å². The van der Waals surface area contributed by atoms with E-state index in [2.05, 4.69) is 54.2 Å². The number of rotatable bonds is 5. The highest BCUT2D eigenvalue weighted by Crippen LogP contribution is 2.20. The van der Waals surface area contributed by atoms with Crippen LogP contribution in [0, 0.1) is 0 Å². The van der Waals surface area contributed by atoms with Crippen LogP contribution in [0.3, 0.4) is 0 Å². The van der Waals surface area contributed by atoms with Gasteiger partial charge in [-0.05, 0) is 37.6 Å². The highest BCUT2D eigenvalue weighted by molar-refractivity contribution is 5.47. The summed E-state index contributed by atoms with van der Waals surface area (Å²) in [6.45, 7) is 4.24. The molecule has 0 saturated heterocycles. The number of hydrogen-bond donors (Lipinski definition) is 1.